The third-order valence-corrected chi connectivity index (χ3v) is 5.63. The molecule has 0 N–H and O–H groups in total. The Morgan fingerprint density at radius 1 is 0.917 bits per heavy atom. The Bertz CT molecular complexity index is 742. The maximum absolute atomic E-state index is 6.11. The van der Waals surface area contributed by atoms with Gasteiger partial charge in [-0.3, -0.25) is 4.90 Å². The van der Waals surface area contributed by atoms with Crippen molar-refractivity contribution >= 4 is 29.0 Å². The molecular formula is C18H20Cl2N4. The van der Waals surface area contributed by atoms with Gasteiger partial charge in [0.1, 0.15) is 0 Å². The Morgan fingerprint density at radius 2 is 1.75 bits per heavy atom. The van der Waals surface area contributed by atoms with E-state index in [1.807, 2.05) is 18.2 Å². The molecule has 1 aliphatic carbocycles. The van der Waals surface area contributed by atoms with Crippen LogP contribution in [0.25, 0.3) is 0 Å². The van der Waals surface area contributed by atoms with Crippen molar-refractivity contribution in [1.29, 1.82) is 0 Å². The molecule has 4 nitrogen and oxygen atoms in total. The van der Waals surface area contributed by atoms with Gasteiger partial charge in [-0.2, -0.15) is 5.10 Å². The van der Waals surface area contributed by atoms with E-state index in [0.29, 0.717) is 10.0 Å². The number of aromatic nitrogens is 2. The van der Waals surface area contributed by atoms with Crippen molar-refractivity contribution in [3.05, 3.63) is 51.1 Å². The van der Waals surface area contributed by atoms with Crippen LogP contribution in [0.3, 0.4) is 0 Å². The summed E-state index contributed by atoms with van der Waals surface area (Å²) in [7, 11) is 0. The molecule has 1 aromatic carbocycles. The highest BCUT2D eigenvalue weighted by molar-refractivity contribution is 6.42. The molecule has 1 aliphatic heterocycles. The third kappa shape index (κ3) is 3.37. The number of hydrogen-bond acceptors (Lipinski definition) is 4. The molecular weight excluding hydrogens is 343 g/mol. The van der Waals surface area contributed by atoms with Crippen LogP contribution in [0.15, 0.2) is 24.3 Å². The second-order valence-corrected chi connectivity index (χ2v) is 7.35. The fourth-order valence-electron chi connectivity index (χ4n) is 3.50. The van der Waals surface area contributed by atoms with E-state index in [1.54, 1.807) is 0 Å². The molecule has 2 aromatic rings. The van der Waals surface area contributed by atoms with E-state index in [2.05, 4.69) is 26.1 Å². The quantitative estimate of drug-likeness (QED) is 0.834. The van der Waals surface area contributed by atoms with Crippen LogP contribution in [-0.4, -0.2) is 41.3 Å². The lowest BCUT2D eigenvalue weighted by molar-refractivity contribution is 0.249. The minimum absolute atomic E-state index is 0.611. The van der Waals surface area contributed by atoms with Gasteiger partial charge in [-0.25, -0.2) is 0 Å². The molecule has 0 amide bonds. The first-order valence-corrected chi connectivity index (χ1v) is 9.21. The van der Waals surface area contributed by atoms with Gasteiger partial charge >= 0.3 is 0 Å². The first kappa shape index (κ1) is 16.1. The lowest BCUT2D eigenvalue weighted by Crippen LogP contribution is -2.46. The van der Waals surface area contributed by atoms with Gasteiger partial charge < -0.3 is 4.90 Å². The summed E-state index contributed by atoms with van der Waals surface area (Å²) >= 11 is 12.1. The molecule has 0 spiro atoms. The van der Waals surface area contributed by atoms with Gasteiger partial charge in [-0.05, 0) is 48.6 Å². The maximum Gasteiger partial charge on any atom is 0.151 e. The van der Waals surface area contributed by atoms with Crippen LogP contribution in [0.1, 0.15) is 23.2 Å². The van der Waals surface area contributed by atoms with Crippen LogP contribution < -0.4 is 4.90 Å². The van der Waals surface area contributed by atoms with E-state index in [4.69, 9.17) is 23.2 Å². The first-order valence-electron chi connectivity index (χ1n) is 8.46. The first-order chi connectivity index (χ1) is 11.7. The second kappa shape index (κ2) is 6.87. The monoisotopic (exact) mass is 362 g/mol. The van der Waals surface area contributed by atoms with E-state index in [1.165, 1.54) is 23.2 Å². The Kier molecular flexibility index (Phi) is 4.61. The zero-order chi connectivity index (χ0) is 16.5. The third-order valence-electron chi connectivity index (χ3n) is 4.89. The average Bonchev–Trinajstić information content (AvgIpc) is 3.06. The molecule has 1 saturated heterocycles. The zero-order valence-corrected chi connectivity index (χ0v) is 15.0. The molecule has 6 heteroatoms. The number of aryl methyl sites for hydroxylation is 2. The summed E-state index contributed by atoms with van der Waals surface area (Å²) < 4.78 is 0. The molecule has 126 valence electrons. The number of anilines is 1. The van der Waals surface area contributed by atoms with Crippen LogP contribution >= 0.6 is 23.2 Å². The molecule has 4 rings (SSSR count). The Morgan fingerprint density at radius 3 is 2.54 bits per heavy atom. The van der Waals surface area contributed by atoms with Crippen molar-refractivity contribution in [3.63, 3.8) is 0 Å². The Labute approximate surface area is 152 Å². The van der Waals surface area contributed by atoms with Gasteiger partial charge in [-0.1, -0.05) is 29.3 Å². The number of hydrogen-bond donors (Lipinski definition) is 0. The molecule has 1 fully saturated rings. The molecule has 0 saturated carbocycles. The number of rotatable bonds is 3. The SMILES string of the molecule is Clc1ccc(CN2CCN(c3cc4c(nn3)CCC4)CC2)cc1Cl. The fourth-order valence-corrected chi connectivity index (χ4v) is 3.82. The van der Waals surface area contributed by atoms with Crippen LogP contribution in [-0.2, 0) is 19.4 Å². The van der Waals surface area contributed by atoms with Crippen LogP contribution in [0.2, 0.25) is 10.0 Å². The highest BCUT2D eigenvalue weighted by Crippen LogP contribution is 2.25. The lowest BCUT2D eigenvalue weighted by atomic mass is 10.2. The van der Waals surface area contributed by atoms with E-state index < -0.39 is 0 Å². The predicted molar refractivity (Wildman–Crippen MR) is 98.0 cm³/mol. The standard InChI is InChI=1S/C18H20Cl2N4/c19-15-5-4-13(10-16(15)20)12-23-6-8-24(9-7-23)18-11-14-2-1-3-17(14)21-22-18/h4-5,10-11H,1-3,6-9,12H2. The summed E-state index contributed by atoms with van der Waals surface area (Å²) in [6.45, 7) is 4.89. The topological polar surface area (TPSA) is 32.3 Å². The van der Waals surface area contributed by atoms with E-state index in [9.17, 15) is 0 Å². The lowest BCUT2D eigenvalue weighted by Gasteiger charge is -2.35. The van der Waals surface area contributed by atoms with Crippen molar-refractivity contribution in [2.45, 2.75) is 25.8 Å². The summed E-state index contributed by atoms with van der Waals surface area (Å²) in [6.07, 6.45) is 3.44. The summed E-state index contributed by atoms with van der Waals surface area (Å²) in [5.41, 5.74) is 3.78. The second-order valence-electron chi connectivity index (χ2n) is 6.54. The Balaban J connectivity index is 1.37. The fraction of sp³-hybridized carbons (Fsp3) is 0.444. The minimum atomic E-state index is 0.611. The molecule has 2 aliphatic rings. The summed E-state index contributed by atoms with van der Waals surface area (Å²) in [5.74, 6) is 1.03. The largest absolute Gasteiger partial charge is 0.353 e. The molecule has 0 atom stereocenters. The smallest absolute Gasteiger partial charge is 0.151 e. The molecule has 0 unspecified atom stereocenters. The van der Waals surface area contributed by atoms with Crippen molar-refractivity contribution in [2.75, 3.05) is 31.1 Å². The molecule has 2 heterocycles. The number of halogens is 2. The highest BCUT2D eigenvalue weighted by Gasteiger charge is 2.21. The number of benzene rings is 1. The van der Waals surface area contributed by atoms with Crippen LogP contribution in [0.4, 0.5) is 5.82 Å². The highest BCUT2D eigenvalue weighted by atomic mass is 35.5. The number of nitrogens with zero attached hydrogens (tertiary/aromatic N) is 4. The van der Waals surface area contributed by atoms with Crippen molar-refractivity contribution in [3.8, 4) is 0 Å². The van der Waals surface area contributed by atoms with Crippen molar-refractivity contribution in [1.82, 2.24) is 15.1 Å². The minimum Gasteiger partial charge on any atom is -0.353 e. The van der Waals surface area contributed by atoms with Crippen LogP contribution in [0.5, 0.6) is 0 Å². The predicted octanol–water partition coefficient (Wildman–Crippen LogP) is 3.59. The number of fused-ring (bicyclic) bond motifs is 1. The van der Waals surface area contributed by atoms with E-state index in [0.717, 1.165) is 51.4 Å². The Hall–Kier alpha value is -1.36. The van der Waals surface area contributed by atoms with Crippen molar-refractivity contribution < 1.29 is 0 Å². The molecule has 0 bridgehead atoms. The van der Waals surface area contributed by atoms with Gasteiger partial charge in [-0.15, -0.1) is 5.10 Å². The normalized spacial score (nSPS) is 18.0. The van der Waals surface area contributed by atoms with Gasteiger partial charge in [0.05, 0.1) is 15.7 Å². The molecule has 24 heavy (non-hydrogen) atoms. The molecule has 0 radical (unpaired) electrons. The average molecular weight is 363 g/mol. The van der Waals surface area contributed by atoms with Crippen LogP contribution in [0, 0.1) is 0 Å². The van der Waals surface area contributed by atoms with Gasteiger partial charge in [0, 0.05) is 32.7 Å². The van der Waals surface area contributed by atoms with E-state index >= 15 is 0 Å². The van der Waals surface area contributed by atoms with Gasteiger partial charge in [0.15, 0.2) is 5.82 Å². The van der Waals surface area contributed by atoms with Gasteiger partial charge in [0.2, 0.25) is 0 Å². The zero-order valence-electron chi connectivity index (χ0n) is 13.5. The molecule has 1 aromatic heterocycles. The van der Waals surface area contributed by atoms with Gasteiger partial charge in [0.25, 0.3) is 0 Å². The maximum atomic E-state index is 6.11. The number of piperazine rings is 1. The van der Waals surface area contributed by atoms with Crippen molar-refractivity contribution in [2.24, 2.45) is 0 Å². The summed E-state index contributed by atoms with van der Waals surface area (Å²) in [4.78, 5) is 4.79. The summed E-state index contributed by atoms with van der Waals surface area (Å²) in [5, 5.41) is 10.1. The van der Waals surface area contributed by atoms with E-state index in [-0.39, 0.29) is 0 Å². The summed E-state index contributed by atoms with van der Waals surface area (Å²) in [6, 6.07) is 8.12.